The predicted molar refractivity (Wildman–Crippen MR) is 70.2 cm³/mol. The zero-order valence-electron chi connectivity index (χ0n) is 11.2. The van der Waals surface area contributed by atoms with Crippen molar-refractivity contribution >= 4 is 11.7 Å². The molecule has 18 heavy (non-hydrogen) atoms. The SMILES string of the molecule is Cc1nc(C)c(C)c(N[C@H]2CCC[C@H]2C(N)=O)n1. The molecular weight excluding hydrogens is 228 g/mol. The number of carbonyl (C=O) groups excluding carboxylic acids is 1. The lowest BCUT2D eigenvalue weighted by Gasteiger charge is -2.20. The molecule has 1 aromatic rings. The molecule has 1 amide bonds. The van der Waals surface area contributed by atoms with Crippen molar-refractivity contribution in [3.05, 3.63) is 17.1 Å². The molecule has 0 radical (unpaired) electrons. The first-order chi connectivity index (χ1) is 8.49. The van der Waals surface area contributed by atoms with Gasteiger partial charge in [0.2, 0.25) is 5.91 Å². The smallest absolute Gasteiger partial charge is 0.222 e. The number of hydrogen-bond donors (Lipinski definition) is 2. The highest BCUT2D eigenvalue weighted by Crippen LogP contribution is 2.29. The van der Waals surface area contributed by atoms with Gasteiger partial charge in [-0.25, -0.2) is 9.97 Å². The molecule has 1 aliphatic rings. The maximum atomic E-state index is 11.4. The van der Waals surface area contributed by atoms with Crippen LogP contribution in [-0.4, -0.2) is 21.9 Å². The molecule has 0 aliphatic heterocycles. The number of rotatable bonds is 3. The Labute approximate surface area is 107 Å². The number of nitrogens with one attached hydrogen (secondary N) is 1. The quantitative estimate of drug-likeness (QED) is 0.848. The molecule has 5 nitrogen and oxygen atoms in total. The first-order valence-corrected chi connectivity index (χ1v) is 6.36. The molecule has 0 unspecified atom stereocenters. The molecule has 5 heteroatoms. The summed E-state index contributed by atoms with van der Waals surface area (Å²) in [5.41, 5.74) is 7.44. The van der Waals surface area contributed by atoms with Gasteiger partial charge in [0.15, 0.2) is 0 Å². The van der Waals surface area contributed by atoms with E-state index in [0.717, 1.165) is 42.2 Å². The average molecular weight is 248 g/mol. The van der Waals surface area contributed by atoms with Gasteiger partial charge in [-0.3, -0.25) is 4.79 Å². The molecule has 1 saturated carbocycles. The standard InChI is InChI=1S/C13H20N4O/c1-7-8(2)15-9(3)16-13(7)17-11-6-4-5-10(11)12(14)18/h10-11H,4-6H2,1-3H3,(H2,14,18)(H,15,16,17)/t10-,11+/m1/s1. The lowest BCUT2D eigenvalue weighted by Crippen LogP contribution is -2.34. The van der Waals surface area contributed by atoms with E-state index in [1.54, 1.807) is 0 Å². The van der Waals surface area contributed by atoms with E-state index in [4.69, 9.17) is 5.73 Å². The molecule has 2 atom stereocenters. The Balaban J connectivity index is 2.21. The van der Waals surface area contributed by atoms with E-state index in [1.165, 1.54) is 0 Å². The summed E-state index contributed by atoms with van der Waals surface area (Å²) in [5, 5.41) is 3.37. The van der Waals surface area contributed by atoms with Gasteiger partial charge in [0.25, 0.3) is 0 Å². The minimum Gasteiger partial charge on any atom is -0.369 e. The third-order valence-electron chi connectivity index (χ3n) is 3.70. The van der Waals surface area contributed by atoms with Crippen molar-refractivity contribution in [3.63, 3.8) is 0 Å². The number of primary amides is 1. The molecule has 0 aromatic carbocycles. The molecule has 0 spiro atoms. The van der Waals surface area contributed by atoms with Gasteiger partial charge in [0.1, 0.15) is 11.6 Å². The predicted octanol–water partition coefficient (Wildman–Crippen LogP) is 1.47. The van der Waals surface area contributed by atoms with Crippen LogP contribution in [0.4, 0.5) is 5.82 Å². The summed E-state index contributed by atoms with van der Waals surface area (Å²) in [4.78, 5) is 20.1. The van der Waals surface area contributed by atoms with E-state index in [1.807, 2.05) is 20.8 Å². The molecule has 3 N–H and O–H groups in total. The van der Waals surface area contributed by atoms with Crippen molar-refractivity contribution in [1.29, 1.82) is 0 Å². The third-order valence-corrected chi connectivity index (χ3v) is 3.70. The van der Waals surface area contributed by atoms with Crippen LogP contribution in [0.3, 0.4) is 0 Å². The normalized spacial score (nSPS) is 23.1. The summed E-state index contributed by atoms with van der Waals surface area (Å²) in [6.07, 6.45) is 2.87. The van der Waals surface area contributed by atoms with Crippen LogP contribution in [0.15, 0.2) is 0 Å². The van der Waals surface area contributed by atoms with Crippen molar-refractivity contribution < 1.29 is 4.79 Å². The highest BCUT2D eigenvalue weighted by Gasteiger charge is 2.32. The lowest BCUT2D eigenvalue weighted by atomic mass is 10.0. The maximum Gasteiger partial charge on any atom is 0.222 e. The van der Waals surface area contributed by atoms with Gasteiger partial charge >= 0.3 is 0 Å². The maximum absolute atomic E-state index is 11.4. The summed E-state index contributed by atoms with van der Waals surface area (Å²) >= 11 is 0. The number of anilines is 1. The second-order valence-corrected chi connectivity index (χ2v) is 5.02. The lowest BCUT2D eigenvalue weighted by molar-refractivity contribution is -0.121. The van der Waals surface area contributed by atoms with Crippen LogP contribution in [-0.2, 0) is 4.79 Å². The van der Waals surface area contributed by atoms with Gasteiger partial charge in [-0.2, -0.15) is 0 Å². The van der Waals surface area contributed by atoms with Crippen LogP contribution in [0.25, 0.3) is 0 Å². The van der Waals surface area contributed by atoms with E-state index in [9.17, 15) is 4.79 Å². The summed E-state index contributed by atoms with van der Waals surface area (Å²) in [7, 11) is 0. The molecule has 0 bridgehead atoms. The van der Waals surface area contributed by atoms with E-state index >= 15 is 0 Å². The number of nitrogens with zero attached hydrogens (tertiary/aromatic N) is 2. The van der Waals surface area contributed by atoms with Gasteiger partial charge in [-0.1, -0.05) is 6.42 Å². The van der Waals surface area contributed by atoms with Gasteiger partial charge in [-0.15, -0.1) is 0 Å². The fourth-order valence-electron chi connectivity index (χ4n) is 2.56. The molecule has 1 fully saturated rings. The molecule has 1 aromatic heterocycles. The number of amides is 1. The van der Waals surface area contributed by atoms with Crippen molar-refractivity contribution in [2.75, 3.05) is 5.32 Å². The summed E-state index contributed by atoms with van der Waals surface area (Å²) < 4.78 is 0. The second-order valence-electron chi connectivity index (χ2n) is 5.02. The molecule has 2 rings (SSSR count). The van der Waals surface area contributed by atoms with Crippen molar-refractivity contribution in [1.82, 2.24) is 9.97 Å². The van der Waals surface area contributed by atoms with Gasteiger partial charge in [0.05, 0.1) is 5.92 Å². The number of nitrogens with two attached hydrogens (primary N) is 1. The number of aryl methyl sites for hydroxylation is 2. The Hall–Kier alpha value is -1.65. The van der Waals surface area contributed by atoms with Gasteiger partial charge in [0, 0.05) is 17.3 Å². The topological polar surface area (TPSA) is 80.9 Å². The zero-order chi connectivity index (χ0) is 13.3. The monoisotopic (exact) mass is 248 g/mol. The first-order valence-electron chi connectivity index (χ1n) is 6.36. The fraction of sp³-hybridized carbons (Fsp3) is 0.615. The largest absolute Gasteiger partial charge is 0.369 e. The van der Waals surface area contributed by atoms with Crippen LogP contribution >= 0.6 is 0 Å². The molecule has 0 saturated heterocycles. The Kier molecular flexibility index (Phi) is 3.50. The Morgan fingerprint density at radius 3 is 2.67 bits per heavy atom. The average Bonchev–Trinajstić information content (AvgIpc) is 2.73. The summed E-state index contributed by atoms with van der Waals surface area (Å²) in [6, 6.07) is 0.106. The van der Waals surface area contributed by atoms with Crippen LogP contribution in [0, 0.1) is 26.7 Å². The van der Waals surface area contributed by atoms with E-state index in [0.29, 0.717) is 0 Å². The van der Waals surface area contributed by atoms with Crippen LogP contribution < -0.4 is 11.1 Å². The highest BCUT2D eigenvalue weighted by atomic mass is 16.1. The second kappa shape index (κ2) is 4.92. The Morgan fingerprint density at radius 1 is 1.28 bits per heavy atom. The highest BCUT2D eigenvalue weighted by molar-refractivity contribution is 5.78. The third kappa shape index (κ3) is 2.44. The van der Waals surface area contributed by atoms with Crippen LogP contribution in [0.2, 0.25) is 0 Å². The van der Waals surface area contributed by atoms with E-state index in [2.05, 4.69) is 15.3 Å². The van der Waals surface area contributed by atoms with Crippen molar-refractivity contribution in [3.8, 4) is 0 Å². The number of carbonyl (C=O) groups is 1. The zero-order valence-corrected chi connectivity index (χ0v) is 11.2. The van der Waals surface area contributed by atoms with E-state index in [-0.39, 0.29) is 17.9 Å². The van der Waals surface area contributed by atoms with Gasteiger partial charge < -0.3 is 11.1 Å². The molecule has 1 heterocycles. The molecule has 98 valence electrons. The van der Waals surface area contributed by atoms with Crippen molar-refractivity contribution in [2.24, 2.45) is 11.7 Å². The van der Waals surface area contributed by atoms with E-state index < -0.39 is 0 Å². The fourth-order valence-corrected chi connectivity index (χ4v) is 2.56. The van der Waals surface area contributed by atoms with Gasteiger partial charge in [-0.05, 0) is 33.6 Å². The molecular formula is C13H20N4O. The first kappa shape index (κ1) is 12.8. The van der Waals surface area contributed by atoms with Crippen molar-refractivity contribution in [2.45, 2.75) is 46.1 Å². The summed E-state index contributed by atoms with van der Waals surface area (Å²) in [6.45, 7) is 5.83. The van der Waals surface area contributed by atoms with Crippen LogP contribution in [0.5, 0.6) is 0 Å². The Bertz CT molecular complexity index is 472. The minimum atomic E-state index is -0.217. The van der Waals surface area contributed by atoms with Crippen LogP contribution in [0.1, 0.15) is 36.3 Å². The number of hydrogen-bond acceptors (Lipinski definition) is 4. The number of aromatic nitrogens is 2. The minimum absolute atomic E-state index is 0.0834. The Morgan fingerprint density at radius 2 is 2.00 bits per heavy atom. The summed E-state index contributed by atoms with van der Waals surface area (Å²) in [5.74, 6) is 1.28. The molecule has 1 aliphatic carbocycles.